The van der Waals surface area contributed by atoms with Crippen molar-refractivity contribution in [3.05, 3.63) is 94.6 Å². The maximum Gasteiger partial charge on any atom is 0.312 e. The number of nitrogens with one attached hydrogen (secondary N) is 3. The van der Waals surface area contributed by atoms with Crippen LogP contribution in [-0.4, -0.2) is 69.2 Å². The Balaban J connectivity index is 1.77. The first kappa shape index (κ1) is 34.7. The molecule has 1 unspecified atom stereocenters. The van der Waals surface area contributed by atoms with Crippen molar-refractivity contribution in [2.24, 2.45) is 5.92 Å². The number of aromatic nitrogens is 1. The van der Waals surface area contributed by atoms with Crippen LogP contribution in [0.2, 0.25) is 0 Å². The van der Waals surface area contributed by atoms with Gasteiger partial charge < -0.3 is 30.9 Å². The maximum atomic E-state index is 14.7. The molecule has 4 rings (SSSR count). The van der Waals surface area contributed by atoms with Crippen LogP contribution in [0.25, 0.3) is 0 Å². The highest BCUT2D eigenvalue weighted by molar-refractivity contribution is 5.98. The molecule has 250 valence electrons. The number of aromatic hydroxyl groups is 1. The first-order valence-corrected chi connectivity index (χ1v) is 14.2. The Hall–Kier alpha value is -5.12. The van der Waals surface area contributed by atoms with Crippen LogP contribution in [0.5, 0.6) is 5.75 Å². The molecule has 1 aliphatic rings. The number of amides is 3. The number of cyclic esters (lactones) is 1. The molecule has 5 N–H and O–H groups in total. The minimum Gasteiger partial charge on any atom is -0.505 e. The highest BCUT2D eigenvalue weighted by Gasteiger charge is 2.40. The number of hydrogen-bond acceptors (Lipinski definition) is 8. The molecule has 1 fully saturated rings. The number of pyridine rings is 1. The zero-order chi connectivity index (χ0) is 34.6. The molecule has 0 radical (unpaired) electrons. The molecule has 2 heterocycles. The Morgan fingerprint density at radius 2 is 1.49 bits per heavy atom. The number of ether oxygens (including phenoxy) is 1. The molecule has 0 bridgehead atoms. The number of hydrogen-bond donors (Lipinski definition) is 5. The molecule has 0 aliphatic carbocycles. The molecule has 3 amide bonds. The maximum absolute atomic E-state index is 14.7. The van der Waals surface area contributed by atoms with E-state index in [1.165, 1.54) is 19.2 Å². The predicted octanol–water partition coefficient (Wildman–Crippen LogP) is 1.98. The second kappa shape index (κ2) is 14.5. The summed E-state index contributed by atoms with van der Waals surface area (Å²) in [5, 5.41) is 28.2. The molecule has 6 atom stereocenters. The molecule has 0 saturated carbocycles. The van der Waals surface area contributed by atoms with Crippen LogP contribution in [-0.2, 0) is 32.0 Å². The summed E-state index contributed by atoms with van der Waals surface area (Å²) in [5.41, 5.74) is -1.38. The predicted molar refractivity (Wildman–Crippen MR) is 152 cm³/mol. The van der Waals surface area contributed by atoms with Gasteiger partial charge in [0.05, 0.1) is 24.1 Å². The number of nitrogens with zero attached hydrogens (tertiary/aromatic N) is 1. The zero-order valence-corrected chi connectivity index (χ0v) is 24.8. The first-order valence-electron chi connectivity index (χ1n) is 14.2. The van der Waals surface area contributed by atoms with Gasteiger partial charge in [0.15, 0.2) is 35.1 Å². The average molecular weight is 665 g/mol. The zero-order valence-electron chi connectivity index (χ0n) is 24.8. The van der Waals surface area contributed by atoms with Crippen molar-refractivity contribution in [3.8, 4) is 5.75 Å². The number of aliphatic hydroxyl groups excluding tert-OH is 1. The van der Waals surface area contributed by atoms with Gasteiger partial charge in [0.2, 0.25) is 11.7 Å². The minimum atomic E-state index is -2.43. The number of halogens is 5. The van der Waals surface area contributed by atoms with Crippen molar-refractivity contribution >= 4 is 23.7 Å². The summed E-state index contributed by atoms with van der Waals surface area (Å²) < 4.78 is 76.6. The third-order valence-electron chi connectivity index (χ3n) is 7.60. The van der Waals surface area contributed by atoms with E-state index in [2.05, 4.69) is 20.9 Å². The number of rotatable bonds is 6. The van der Waals surface area contributed by atoms with Crippen molar-refractivity contribution in [2.45, 2.75) is 57.0 Å². The highest BCUT2D eigenvalue weighted by Crippen LogP contribution is 2.26. The number of carbonyl (C=O) groups excluding carboxylic acids is 4. The molecule has 3 aromatic rings. The van der Waals surface area contributed by atoms with E-state index in [-0.39, 0.29) is 6.42 Å². The molecule has 1 aliphatic heterocycles. The average Bonchev–Trinajstić information content (AvgIpc) is 3.05. The van der Waals surface area contributed by atoms with Crippen LogP contribution in [0.1, 0.15) is 35.5 Å². The molecule has 11 nitrogen and oxygen atoms in total. The second-order valence-electron chi connectivity index (χ2n) is 10.9. The highest BCUT2D eigenvalue weighted by atomic mass is 19.2. The van der Waals surface area contributed by atoms with E-state index in [4.69, 9.17) is 4.74 Å². The fourth-order valence-corrected chi connectivity index (χ4v) is 4.93. The van der Waals surface area contributed by atoms with E-state index in [9.17, 15) is 51.3 Å². The summed E-state index contributed by atoms with van der Waals surface area (Å²) in [7, 11) is 0. The largest absolute Gasteiger partial charge is 0.505 e. The molecule has 16 heteroatoms. The van der Waals surface area contributed by atoms with Gasteiger partial charge >= 0.3 is 5.97 Å². The second-order valence-corrected chi connectivity index (χ2v) is 10.9. The summed E-state index contributed by atoms with van der Waals surface area (Å²) in [4.78, 5) is 57.0. The van der Waals surface area contributed by atoms with Gasteiger partial charge in [-0.1, -0.05) is 30.3 Å². The van der Waals surface area contributed by atoms with Gasteiger partial charge in [-0.3, -0.25) is 19.2 Å². The van der Waals surface area contributed by atoms with Crippen molar-refractivity contribution in [1.29, 1.82) is 0 Å². The molecule has 1 aromatic heterocycles. The van der Waals surface area contributed by atoms with E-state index in [0.29, 0.717) is 5.56 Å². The van der Waals surface area contributed by atoms with Crippen LogP contribution < -0.4 is 16.0 Å². The summed E-state index contributed by atoms with van der Waals surface area (Å²) in [6.45, 7) is 2.37. The van der Waals surface area contributed by atoms with E-state index < -0.39 is 112 Å². The smallest absolute Gasteiger partial charge is 0.312 e. The third-order valence-corrected chi connectivity index (χ3v) is 7.60. The summed E-state index contributed by atoms with van der Waals surface area (Å²) in [5.74, 6) is -18.1. The Kier molecular flexibility index (Phi) is 10.7. The number of benzene rings is 2. The topological polar surface area (TPSA) is 167 Å². The van der Waals surface area contributed by atoms with E-state index in [0.717, 1.165) is 13.0 Å². The Labute approximate surface area is 264 Å². The number of aliphatic hydroxyl groups is 1. The molecule has 2 aromatic carbocycles. The minimum absolute atomic E-state index is 0.174. The fourth-order valence-electron chi connectivity index (χ4n) is 4.93. The van der Waals surface area contributed by atoms with Crippen LogP contribution in [0.15, 0.2) is 48.7 Å². The summed E-state index contributed by atoms with van der Waals surface area (Å²) >= 11 is 0. The lowest BCUT2D eigenvalue weighted by Crippen LogP contribution is -2.62. The molecule has 47 heavy (non-hydrogen) atoms. The van der Waals surface area contributed by atoms with Gasteiger partial charge in [-0.05, 0) is 31.5 Å². The van der Waals surface area contributed by atoms with E-state index >= 15 is 0 Å². The Morgan fingerprint density at radius 1 is 0.872 bits per heavy atom. The van der Waals surface area contributed by atoms with Gasteiger partial charge in [0, 0.05) is 24.6 Å². The van der Waals surface area contributed by atoms with Gasteiger partial charge in [0.1, 0.15) is 11.8 Å². The van der Waals surface area contributed by atoms with Crippen molar-refractivity contribution in [2.75, 3.05) is 0 Å². The normalized spacial score (nSPS) is 23.9. The lowest BCUT2D eigenvalue weighted by Gasteiger charge is -2.33. The van der Waals surface area contributed by atoms with Gasteiger partial charge in [0.25, 0.3) is 11.8 Å². The summed E-state index contributed by atoms with van der Waals surface area (Å²) in [6, 6.07) is 5.72. The van der Waals surface area contributed by atoms with Crippen molar-refractivity contribution in [1.82, 2.24) is 20.9 Å². The van der Waals surface area contributed by atoms with E-state index in [1.54, 1.807) is 30.3 Å². The lowest BCUT2D eigenvalue weighted by molar-refractivity contribution is -0.164. The fraction of sp³-hybridized carbons (Fsp3) is 0.323. The number of esters is 1. The standard InChI is InChI=1S/C31H29F5N4O7/c1-13-27(42)17(12-16-20(32)22(34)24(36)23(35)21(16)33)39-29(44)25(40-30(45)26-18(41)9-6-10-37-26)14(2)38-28(43)19(47-31(13)46)11-15-7-4-3-5-8-15/h3-10,13-14,17,19,25,27,41-42H,11-12H2,1-2H3,(H,38,43)(H,39,44)(H,40,45)/t13-,14-,17+,19?,25+,27+/m1/s1. The van der Waals surface area contributed by atoms with E-state index in [1.807, 2.05) is 0 Å². The molecular formula is C31H29F5N4O7. The molecule has 0 spiro atoms. The van der Waals surface area contributed by atoms with Crippen molar-refractivity contribution in [3.63, 3.8) is 0 Å². The quantitative estimate of drug-likeness (QED) is 0.116. The SMILES string of the molecule is C[C@H]1NC(=O)C(Cc2ccccc2)OC(=O)[C@H](C)[C@H](O)[C@H](Cc2c(F)c(F)c(F)c(F)c2F)NC(=O)[C@H]1NC(=O)c1ncccc1O. The molecule has 1 saturated heterocycles. The Bertz CT molecular complexity index is 1650. The molecular weight excluding hydrogens is 635 g/mol. The van der Waals surface area contributed by atoms with Gasteiger partial charge in [-0.25, -0.2) is 26.9 Å². The van der Waals surface area contributed by atoms with Gasteiger partial charge in [-0.15, -0.1) is 0 Å². The monoisotopic (exact) mass is 664 g/mol. The van der Waals surface area contributed by atoms with Crippen LogP contribution >= 0.6 is 0 Å². The van der Waals surface area contributed by atoms with Crippen LogP contribution in [0, 0.1) is 35.0 Å². The summed E-state index contributed by atoms with van der Waals surface area (Å²) in [6.07, 6.45) is -3.86. The third kappa shape index (κ3) is 7.65. The Morgan fingerprint density at radius 3 is 2.11 bits per heavy atom. The lowest BCUT2D eigenvalue weighted by atomic mass is 9.91. The van der Waals surface area contributed by atoms with Crippen molar-refractivity contribution < 1.29 is 56.1 Å². The van der Waals surface area contributed by atoms with Crippen LogP contribution in [0.4, 0.5) is 22.0 Å². The number of carbonyl (C=O) groups is 4. The first-order chi connectivity index (χ1) is 22.2. The van der Waals surface area contributed by atoms with Crippen LogP contribution in [0.3, 0.4) is 0 Å². The van der Waals surface area contributed by atoms with Gasteiger partial charge in [-0.2, -0.15) is 0 Å².